The molecule has 0 aliphatic heterocycles. The Kier molecular flexibility index (Phi) is 15.4. The first-order valence-electron chi connectivity index (χ1n) is 13.9. The third-order valence-electron chi connectivity index (χ3n) is 7.47. The van der Waals surface area contributed by atoms with Crippen molar-refractivity contribution in [1.29, 1.82) is 0 Å². The lowest BCUT2D eigenvalue weighted by atomic mass is 9.82. The topological polar surface area (TPSA) is 37.3 Å². The van der Waals surface area contributed by atoms with Gasteiger partial charge in [0, 0.05) is 12.8 Å². The van der Waals surface area contributed by atoms with Crippen LogP contribution in [0.25, 0.3) is 0 Å². The molecule has 3 nitrogen and oxygen atoms in total. The smallest absolute Gasteiger partial charge is 0.366 e. The van der Waals surface area contributed by atoms with Gasteiger partial charge in [0.25, 0.3) is 0 Å². The molecule has 0 aromatic heterocycles. The minimum atomic E-state index is -0.767. The second-order valence-corrected chi connectivity index (χ2v) is 11.1. The summed E-state index contributed by atoms with van der Waals surface area (Å²) in [6.45, 7) is 2.28. The number of hydrogen-bond acceptors (Lipinski definition) is 1. The molecule has 0 fully saturated rings. The Morgan fingerprint density at radius 3 is 1.45 bits per heavy atom. The van der Waals surface area contributed by atoms with Crippen molar-refractivity contribution in [1.82, 2.24) is 0 Å². The van der Waals surface area contributed by atoms with E-state index in [1.165, 1.54) is 89.9 Å². The quantitative estimate of drug-likeness (QED) is 0.148. The van der Waals surface area contributed by atoms with E-state index in [1.807, 2.05) is 39.3 Å². The van der Waals surface area contributed by atoms with Crippen molar-refractivity contribution < 1.29 is 14.4 Å². The number of unbranched alkanes of at least 4 members (excludes halogenated alkanes) is 15. The Bertz CT molecular complexity index is 607. The molecule has 0 saturated carbocycles. The van der Waals surface area contributed by atoms with Crippen LogP contribution in [-0.2, 0) is 11.2 Å². The van der Waals surface area contributed by atoms with Gasteiger partial charge in [-0.15, -0.1) is 0 Å². The summed E-state index contributed by atoms with van der Waals surface area (Å²) in [5, 5.41) is 10.2. The maximum Gasteiger partial charge on any atom is 0.366 e. The van der Waals surface area contributed by atoms with Crippen LogP contribution >= 0.6 is 0 Å². The Morgan fingerprint density at radius 1 is 0.697 bits per heavy atom. The molecule has 1 aromatic carbocycles. The summed E-state index contributed by atoms with van der Waals surface area (Å²) in [6.07, 6.45) is 22.8. The summed E-state index contributed by atoms with van der Waals surface area (Å²) in [5.41, 5.74) is 0.349. The number of hydrogen-bond donors (Lipinski definition) is 1. The van der Waals surface area contributed by atoms with Crippen LogP contribution in [0.2, 0.25) is 0 Å². The largest absolute Gasteiger partial charge is 0.477 e. The van der Waals surface area contributed by atoms with Crippen LogP contribution < -0.4 is 0 Å². The molecule has 0 radical (unpaired) electrons. The van der Waals surface area contributed by atoms with Crippen LogP contribution in [0.15, 0.2) is 30.3 Å². The van der Waals surface area contributed by atoms with Gasteiger partial charge in [-0.05, 0) is 12.0 Å². The van der Waals surface area contributed by atoms with Crippen LogP contribution in [0, 0.1) is 0 Å². The predicted molar refractivity (Wildman–Crippen MR) is 143 cm³/mol. The number of carboxylic acid groups (broad SMARTS) is 1. The highest BCUT2D eigenvalue weighted by Crippen LogP contribution is 2.31. The first-order valence-corrected chi connectivity index (χ1v) is 13.9. The van der Waals surface area contributed by atoms with Crippen molar-refractivity contribution in [3.63, 3.8) is 0 Å². The van der Waals surface area contributed by atoms with Crippen molar-refractivity contribution in [3.05, 3.63) is 35.9 Å². The molecule has 0 aliphatic rings. The molecule has 1 unspecified atom stereocenters. The first-order chi connectivity index (χ1) is 15.8. The molecule has 190 valence electrons. The molecule has 0 bridgehead atoms. The van der Waals surface area contributed by atoms with E-state index in [4.69, 9.17) is 0 Å². The number of rotatable bonds is 21. The Balaban J connectivity index is 2.18. The molecule has 1 atom stereocenters. The van der Waals surface area contributed by atoms with Crippen molar-refractivity contribution in [2.45, 2.75) is 128 Å². The van der Waals surface area contributed by atoms with Crippen LogP contribution in [0.3, 0.4) is 0 Å². The van der Waals surface area contributed by atoms with Crippen molar-refractivity contribution in [2.75, 3.05) is 21.1 Å². The number of quaternary nitrogens is 1. The highest BCUT2D eigenvalue weighted by Gasteiger charge is 2.49. The lowest BCUT2D eigenvalue weighted by Gasteiger charge is -2.43. The van der Waals surface area contributed by atoms with Crippen molar-refractivity contribution in [3.8, 4) is 0 Å². The second-order valence-electron chi connectivity index (χ2n) is 11.1. The van der Waals surface area contributed by atoms with E-state index in [1.54, 1.807) is 0 Å². The van der Waals surface area contributed by atoms with Crippen LogP contribution in [-0.4, -0.2) is 42.2 Å². The van der Waals surface area contributed by atoms with Gasteiger partial charge in [-0.1, -0.05) is 134 Å². The Morgan fingerprint density at radius 2 is 1.09 bits per heavy atom. The normalized spacial score (nSPS) is 13.7. The van der Waals surface area contributed by atoms with Crippen molar-refractivity contribution >= 4 is 5.97 Å². The lowest BCUT2D eigenvalue weighted by molar-refractivity contribution is -0.914. The lowest BCUT2D eigenvalue weighted by Crippen LogP contribution is -2.63. The number of benzene rings is 1. The van der Waals surface area contributed by atoms with Crippen LogP contribution in [0.1, 0.15) is 122 Å². The molecule has 1 aromatic rings. The predicted octanol–water partition coefficient (Wildman–Crippen LogP) is 8.41. The summed E-state index contributed by atoms with van der Waals surface area (Å²) in [5.74, 6) is -0.667. The van der Waals surface area contributed by atoms with Crippen molar-refractivity contribution in [2.24, 2.45) is 0 Å². The summed E-state index contributed by atoms with van der Waals surface area (Å²) in [7, 11) is 6.09. The average Bonchev–Trinajstić information content (AvgIpc) is 2.77. The van der Waals surface area contributed by atoms with E-state index in [9.17, 15) is 9.90 Å². The molecular formula is C30H54NO2+. The molecule has 1 N–H and O–H groups in total. The van der Waals surface area contributed by atoms with Gasteiger partial charge in [-0.3, -0.25) is 0 Å². The van der Waals surface area contributed by atoms with E-state index in [2.05, 4.69) is 19.1 Å². The van der Waals surface area contributed by atoms with Gasteiger partial charge in [0.05, 0.1) is 21.1 Å². The number of carboxylic acids is 1. The van der Waals surface area contributed by atoms with Gasteiger partial charge in [0.15, 0.2) is 0 Å². The van der Waals surface area contributed by atoms with E-state index in [-0.39, 0.29) is 0 Å². The molecule has 0 saturated heterocycles. The maximum atomic E-state index is 12.4. The van der Waals surface area contributed by atoms with Gasteiger partial charge in [-0.2, -0.15) is 0 Å². The number of carbonyl (C=O) groups is 1. The van der Waals surface area contributed by atoms with Gasteiger partial charge in [0.1, 0.15) is 0 Å². The molecule has 0 aliphatic carbocycles. The Labute approximate surface area is 205 Å². The fraction of sp³-hybridized carbons (Fsp3) is 0.767. The van der Waals surface area contributed by atoms with Crippen LogP contribution in [0.4, 0.5) is 0 Å². The summed E-state index contributed by atoms with van der Waals surface area (Å²) < 4.78 is 0.454. The van der Waals surface area contributed by atoms with Gasteiger partial charge in [-0.25, -0.2) is 4.79 Å². The molecule has 0 heterocycles. The molecule has 33 heavy (non-hydrogen) atoms. The fourth-order valence-corrected chi connectivity index (χ4v) is 5.03. The second kappa shape index (κ2) is 17.1. The summed E-state index contributed by atoms with van der Waals surface area (Å²) in [6, 6.07) is 10.1. The number of nitrogens with zero attached hydrogens (tertiary/aromatic N) is 1. The van der Waals surface area contributed by atoms with Crippen LogP contribution in [0.5, 0.6) is 0 Å². The molecule has 0 spiro atoms. The monoisotopic (exact) mass is 460 g/mol. The first kappa shape index (κ1) is 29.7. The molecular weight excluding hydrogens is 406 g/mol. The highest BCUT2D eigenvalue weighted by molar-refractivity contribution is 5.77. The minimum absolute atomic E-state index is 0.454. The van der Waals surface area contributed by atoms with E-state index >= 15 is 0 Å². The van der Waals surface area contributed by atoms with Gasteiger partial charge < -0.3 is 9.59 Å². The zero-order valence-corrected chi connectivity index (χ0v) is 22.4. The maximum absolute atomic E-state index is 12.4. The highest BCUT2D eigenvalue weighted by atomic mass is 16.4. The van der Waals surface area contributed by atoms with E-state index in [0.717, 1.165) is 24.8 Å². The SMILES string of the molecule is CCCCCCCCCCCCCCCCCCC(Cc1ccccc1)(C(=O)O)[N+](C)(C)C. The van der Waals surface area contributed by atoms with Gasteiger partial charge >= 0.3 is 5.97 Å². The summed E-state index contributed by atoms with van der Waals surface area (Å²) in [4.78, 5) is 12.4. The molecule has 0 amide bonds. The molecule has 3 heteroatoms. The van der Waals surface area contributed by atoms with Gasteiger partial charge in [0.2, 0.25) is 5.54 Å². The average molecular weight is 461 g/mol. The number of likely N-dealkylation sites (N-methyl/N-ethyl adjacent to an activating group) is 1. The third-order valence-corrected chi connectivity index (χ3v) is 7.47. The fourth-order valence-electron chi connectivity index (χ4n) is 5.03. The zero-order valence-electron chi connectivity index (χ0n) is 22.4. The zero-order chi connectivity index (χ0) is 24.4. The Hall–Kier alpha value is -1.35. The number of aliphatic carboxylic acids is 1. The summed E-state index contributed by atoms with van der Waals surface area (Å²) >= 11 is 0. The minimum Gasteiger partial charge on any atom is -0.477 e. The standard InChI is InChI=1S/C30H53NO2/c1-5-6-7-8-9-10-11-12-13-14-15-16-17-18-19-23-26-30(29(32)33,31(2,3)4)27-28-24-21-20-22-25-28/h20-22,24-25H,5-19,23,26-27H2,1-4H3/p+1. The van der Waals surface area contributed by atoms with E-state index < -0.39 is 11.5 Å². The third kappa shape index (κ3) is 12.1. The van der Waals surface area contributed by atoms with E-state index in [0.29, 0.717) is 10.9 Å². The molecule has 1 rings (SSSR count).